The summed E-state index contributed by atoms with van der Waals surface area (Å²) in [6.45, 7) is -1.52. The zero-order valence-electron chi connectivity index (χ0n) is 10.0. The molecule has 0 atom stereocenters. The van der Waals surface area contributed by atoms with Crippen LogP contribution in [0.15, 0.2) is 11.1 Å². The molecule has 2 aromatic rings. The molecule has 0 aliphatic rings. The zero-order valence-corrected chi connectivity index (χ0v) is 10.0. The molecule has 0 aliphatic carbocycles. The van der Waals surface area contributed by atoms with E-state index in [1.165, 1.54) is 10.9 Å². The molecular weight excluding hydrogens is 257 g/mol. The van der Waals surface area contributed by atoms with Gasteiger partial charge in [0, 0.05) is 13.0 Å². The molecule has 2 rings (SSSR count). The van der Waals surface area contributed by atoms with E-state index < -0.39 is 24.4 Å². The number of aliphatic hydroxyl groups excluding tert-OH is 2. The Balaban J connectivity index is 2.30. The third-order valence-corrected chi connectivity index (χ3v) is 2.87. The highest BCUT2D eigenvalue weighted by molar-refractivity contribution is 5.70. The van der Waals surface area contributed by atoms with Crippen LogP contribution in [0.3, 0.4) is 0 Å². The van der Waals surface area contributed by atoms with Crippen LogP contribution in [0, 0.1) is 0 Å². The Hall–Kier alpha value is -2.00. The van der Waals surface area contributed by atoms with Gasteiger partial charge in [0.2, 0.25) is 5.95 Å². The molecule has 2 aromatic heterocycles. The van der Waals surface area contributed by atoms with Gasteiger partial charge in [-0.25, -0.2) is 9.37 Å². The number of fused-ring (bicyclic) bond motifs is 1. The van der Waals surface area contributed by atoms with Gasteiger partial charge >= 0.3 is 0 Å². The third-order valence-electron chi connectivity index (χ3n) is 2.87. The first-order chi connectivity index (χ1) is 8.99. The number of halogens is 1. The number of rotatable bonds is 5. The number of H-pyrrole nitrogens is 1. The molecule has 0 fully saturated rings. The molecule has 0 aromatic carbocycles. The number of aryl methyl sites for hydroxylation is 1. The van der Waals surface area contributed by atoms with E-state index in [1.54, 1.807) is 0 Å². The van der Waals surface area contributed by atoms with Crippen molar-refractivity contribution in [1.29, 1.82) is 0 Å². The van der Waals surface area contributed by atoms with E-state index in [1.807, 2.05) is 0 Å². The lowest BCUT2D eigenvalue weighted by atomic mass is 10.0. The first kappa shape index (κ1) is 13.4. The normalized spacial score (nSPS) is 12.2. The van der Waals surface area contributed by atoms with Gasteiger partial charge in [-0.3, -0.25) is 9.78 Å². The monoisotopic (exact) mass is 271 g/mol. The number of imidazole rings is 1. The van der Waals surface area contributed by atoms with Gasteiger partial charge in [0.05, 0.1) is 19.5 Å². The summed E-state index contributed by atoms with van der Waals surface area (Å²) in [5, 5.41) is 17.7. The lowest BCUT2D eigenvalue weighted by Crippen LogP contribution is -2.33. The third kappa shape index (κ3) is 2.56. The Bertz CT molecular complexity index is 634. The highest BCUT2D eigenvalue weighted by Gasteiger charge is 2.28. The van der Waals surface area contributed by atoms with Crippen molar-refractivity contribution in [1.82, 2.24) is 19.5 Å². The first-order valence-corrected chi connectivity index (χ1v) is 5.60. The predicted octanol–water partition coefficient (Wildman–Crippen LogP) is -1.22. The molecule has 0 bridgehead atoms. The molecule has 0 saturated carbocycles. The van der Waals surface area contributed by atoms with E-state index in [4.69, 9.17) is 15.9 Å². The van der Waals surface area contributed by atoms with Gasteiger partial charge in [-0.05, 0) is 0 Å². The number of nitrogens with zero attached hydrogens (tertiary/aromatic N) is 3. The predicted molar refractivity (Wildman–Crippen MR) is 65.2 cm³/mol. The second kappa shape index (κ2) is 4.94. The van der Waals surface area contributed by atoms with Crippen molar-refractivity contribution in [3.8, 4) is 0 Å². The van der Waals surface area contributed by atoms with Crippen molar-refractivity contribution < 1.29 is 14.6 Å². The van der Waals surface area contributed by atoms with Crippen molar-refractivity contribution in [2.24, 2.45) is 0 Å². The maximum absolute atomic E-state index is 13.8. The zero-order chi connectivity index (χ0) is 14.0. The molecule has 9 heteroatoms. The van der Waals surface area contributed by atoms with Crippen LogP contribution in [-0.4, -0.2) is 48.6 Å². The molecule has 0 radical (unpaired) electrons. The average Bonchev–Trinajstić information content (AvgIpc) is 2.79. The summed E-state index contributed by atoms with van der Waals surface area (Å²) in [7, 11) is 0. The van der Waals surface area contributed by atoms with E-state index in [0.29, 0.717) is 0 Å². The van der Waals surface area contributed by atoms with Gasteiger partial charge in [0.15, 0.2) is 16.8 Å². The van der Waals surface area contributed by atoms with Crippen LogP contribution in [0.5, 0.6) is 0 Å². The molecule has 0 spiro atoms. The van der Waals surface area contributed by atoms with Crippen LogP contribution in [0.1, 0.15) is 6.42 Å². The van der Waals surface area contributed by atoms with Crippen LogP contribution in [-0.2, 0) is 6.54 Å². The Labute approximate surface area is 106 Å². The minimum atomic E-state index is -2.09. The smallest absolute Gasteiger partial charge is 0.278 e. The minimum Gasteiger partial charge on any atom is -0.393 e. The second-order valence-electron chi connectivity index (χ2n) is 4.28. The molecule has 0 saturated heterocycles. The van der Waals surface area contributed by atoms with Crippen LogP contribution in [0.2, 0.25) is 0 Å². The molecule has 19 heavy (non-hydrogen) atoms. The molecule has 0 unspecified atom stereocenters. The minimum absolute atomic E-state index is 0.0479. The van der Waals surface area contributed by atoms with Gasteiger partial charge in [-0.1, -0.05) is 0 Å². The second-order valence-corrected chi connectivity index (χ2v) is 4.28. The Morgan fingerprint density at radius 1 is 1.47 bits per heavy atom. The number of aliphatic hydroxyl groups is 2. The molecule has 2 heterocycles. The Morgan fingerprint density at radius 2 is 2.16 bits per heavy atom. The summed E-state index contributed by atoms with van der Waals surface area (Å²) in [6, 6.07) is 0. The lowest BCUT2D eigenvalue weighted by Gasteiger charge is -2.20. The van der Waals surface area contributed by atoms with E-state index in [9.17, 15) is 9.18 Å². The van der Waals surface area contributed by atoms with Gasteiger partial charge in [0.25, 0.3) is 5.56 Å². The summed E-state index contributed by atoms with van der Waals surface area (Å²) in [5.74, 6) is -0.0479. The van der Waals surface area contributed by atoms with Crippen molar-refractivity contribution in [2.45, 2.75) is 18.6 Å². The topological polar surface area (TPSA) is 130 Å². The van der Waals surface area contributed by atoms with Gasteiger partial charge < -0.3 is 20.5 Å². The maximum atomic E-state index is 13.8. The van der Waals surface area contributed by atoms with Crippen LogP contribution in [0.4, 0.5) is 10.3 Å². The fourth-order valence-corrected chi connectivity index (χ4v) is 1.70. The number of hydrogen-bond acceptors (Lipinski definition) is 6. The molecule has 0 amide bonds. The van der Waals surface area contributed by atoms with E-state index in [2.05, 4.69) is 15.0 Å². The Morgan fingerprint density at radius 3 is 2.79 bits per heavy atom. The molecule has 5 N–H and O–H groups in total. The van der Waals surface area contributed by atoms with Crippen LogP contribution in [0.25, 0.3) is 11.2 Å². The quantitative estimate of drug-likeness (QED) is 0.539. The standard InChI is InChI=1S/C10H14FN5O3/c11-10(3-17,4-18)1-2-16-5-13-7-6(16)8(19)15-9(12)14-7/h5,17-18H,1-4H2,(H3,12,14,15,19). The number of alkyl halides is 1. The molecule has 0 aliphatic heterocycles. The largest absolute Gasteiger partial charge is 0.393 e. The van der Waals surface area contributed by atoms with Gasteiger partial charge in [-0.2, -0.15) is 4.98 Å². The number of aromatic nitrogens is 4. The fourth-order valence-electron chi connectivity index (χ4n) is 1.70. The average molecular weight is 271 g/mol. The lowest BCUT2D eigenvalue weighted by molar-refractivity contribution is 0.00685. The molecule has 8 nitrogen and oxygen atoms in total. The van der Waals surface area contributed by atoms with E-state index in [0.717, 1.165) is 0 Å². The molecule has 104 valence electrons. The van der Waals surface area contributed by atoms with E-state index in [-0.39, 0.29) is 30.1 Å². The summed E-state index contributed by atoms with van der Waals surface area (Å²) in [4.78, 5) is 21.8. The number of hydrogen-bond donors (Lipinski definition) is 4. The molecular formula is C10H14FN5O3. The van der Waals surface area contributed by atoms with Crippen molar-refractivity contribution in [2.75, 3.05) is 18.9 Å². The summed E-state index contributed by atoms with van der Waals surface area (Å²) in [5.41, 5.74) is 3.15. The van der Waals surface area contributed by atoms with Gasteiger partial charge in [-0.15, -0.1) is 0 Å². The summed E-state index contributed by atoms with van der Waals surface area (Å²) in [6.07, 6.45) is 1.18. The number of nitrogens with two attached hydrogens (primary N) is 1. The number of anilines is 1. The van der Waals surface area contributed by atoms with Crippen molar-refractivity contribution >= 4 is 17.1 Å². The number of nitrogens with one attached hydrogen (secondary N) is 1. The van der Waals surface area contributed by atoms with Gasteiger partial charge in [0.1, 0.15) is 0 Å². The SMILES string of the molecule is Nc1nc2ncn(CCC(F)(CO)CO)c2c(=O)[nH]1. The van der Waals surface area contributed by atoms with Crippen LogP contribution < -0.4 is 11.3 Å². The number of nitrogen functional groups attached to an aromatic ring is 1. The maximum Gasteiger partial charge on any atom is 0.278 e. The van der Waals surface area contributed by atoms with Crippen molar-refractivity contribution in [3.63, 3.8) is 0 Å². The fraction of sp³-hybridized carbons (Fsp3) is 0.500. The highest BCUT2D eigenvalue weighted by Crippen LogP contribution is 2.17. The van der Waals surface area contributed by atoms with Crippen molar-refractivity contribution in [3.05, 3.63) is 16.7 Å². The summed E-state index contributed by atoms with van der Waals surface area (Å²) < 4.78 is 15.2. The first-order valence-electron chi connectivity index (χ1n) is 5.60. The van der Waals surface area contributed by atoms with E-state index >= 15 is 0 Å². The number of aromatic amines is 1. The Kier molecular flexibility index (Phi) is 3.49. The summed E-state index contributed by atoms with van der Waals surface area (Å²) >= 11 is 0. The van der Waals surface area contributed by atoms with Crippen LogP contribution >= 0.6 is 0 Å². The highest BCUT2D eigenvalue weighted by atomic mass is 19.1.